The third-order valence-corrected chi connectivity index (χ3v) is 6.85. The van der Waals surface area contributed by atoms with Crippen LogP contribution in [0, 0.1) is 5.92 Å². The van der Waals surface area contributed by atoms with Crippen molar-refractivity contribution in [2.24, 2.45) is 11.7 Å². The zero-order valence-corrected chi connectivity index (χ0v) is 20.6. The Hall–Kier alpha value is -4.05. The molecule has 0 radical (unpaired) electrons. The van der Waals surface area contributed by atoms with Crippen molar-refractivity contribution in [3.63, 3.8) is 0 Å². The molecule has 1 fully saturated rings. The fraction of sp³-hybridized carbons (Fsp3) is 0.370. The van der Waals surface area contributed by atoms with Gasteiger partial charge in [0.15, 0.2) is 17.3 Å². The van der Waals surface area contributed by atoms with Gasteiger partial charge in [0.25, 0.3) is 0 Å². The van der Waals surface area contributed by atoms with Crippen LogP contribution in [0.25, 0.3) is 0 Å². The van der Waals surface area contributed by atoms with Crippen molar-refractivity contribution in [3.05, 3.63) is 70.8 Å². The molecule has 1 aliphatic carbocycles. The van der Waals surface area contributed by atoms with Gasteiger partial charge < -0.3 is 31.2 Å². The number of hydrogen-bond donors (Lipinski definition) is 4. The molecule has 10 nitrogen and oxygen atoms in total. The second-order valence-electron chi connectivity index (χ2n) is 9.35. The molecule has 1 aromatic heterocycles. The molecule has 1 saturated carbocycles. The lowest BCUT2D eigenvalue weighted by Crippen LogP contribution is -2.37. The van der Waals surface area contributed by atoms with E-state index in [2.05, 4.69) is 20.9 Å². The number of ether oxygens (including phenoxy) is 2. The van der Waals surface area contributed by atoms with Crippen molar-refractivity contribution in [3.8, 4) is 17.2 Å². The molecular weight excluding hydrogens is 472 g/mol. The molecule has 194 valence electrons. The van der Waals surface area contributed by atoms with E-state index in [9.17, 15) is 9.59 Å². The number of nitrogens with zero attached hydrogens (tertiary/aromatic N) is 2. The minimum absolute atomic E-state index is 0.102. The maximum absolute atomic E-state index is 12.8. The number of benzene rings is 2. The second-order valence-corrected chi connectivity index (χ2v) is 9.35. The van der Waals surface area contributed by atoms with Crippen LogP contribution < -0.4 is 36.8 Å². The van der Waals surface area contributed by atoms with Crippen molar-refractivity contribution in [2.75, 3.05) is 25.0 Å². The highest BCUT2D eigenvalue weighted by Gasteiger charge is 2.27. The average molecular weight is 505 g/mol. The van der Waals surface area contributed by atoms with E-state index < -0.39 is 0 Å². The van der Waals surface area contributed by atoms with Crippen LogP contribution in [-0.2, 0) is 6.54 Å². The number of nitrogens with one attached hydrogen (secondary N) is 3. The van der Waals surface area contributed by atoms with Gasteiger partial charge in [-0.3, -0.25) is 4.57 Å². The molecule has 10 heteroatoms. The Labute approximate surface area is 215 Å². The first-order valence-electron chi connectivity index (χ1n) is 12.7. The highest BCUT2D eigenvalue weighted by atomic mass is 16.5. The maximum atomic E-state index is 12.8. The summed E-state index contributed by atoms with van der Waals surface area (Å²) >= 11 is 0. The summed E-state index contributed by atoms with van der Waals surface area (Å²) in [5.74, 6) is 2.51. The topological polar surface area (TPSA) is 133 Å². The van der Waals surface area contributed by atoms with Gasteiger partial charge in [0, 0.05) is 12.6 Å². The highest BCUT2D eigenvalue weighted by molar-refractivity contribution is 5.77. The summed E-state index contributed by atoms with van der Waals surface area (Å²) in [5.41, 5.74) is 7.12. The lowest BCUT2D eigenvalue weighted by Gasteiger charge is -2.30. The van der Waals surface area contributed by atoms with E-state index in [4.69, 9.17) is 15.2 Å². The van der Waals surface area contributed by atoms with Gasteiger partial charge in [0.1, 0.15) is 18.0 Å². The van der Waals surface area contributed by atoms with Gasteiger partial charge in [-0.2, -0.15) is 4.98 Å². The zero-order chi connectivity index (χ0) is 25.6. The number of urea groups is 1. The summed E-state index contributed by atoms with van der Waals surface area (Å²) in [6.07, 6.45) is 5.58. The van der Waals surface area contributed by atoms with E-state index in [0.29, 0.717) is 54.3 Å². The molecule has 3 aromatic rings. The lowest BCUT2D eigenvalue weighted by atomic mass is 9.86. The van der Waals surface area contributed by atoms with Crippen LogP contribution in [0.15, 0.2) is 59.5 Å². The quantitative estimate of drug-likeness (QED) is 0.269. The predicted molar refractivity (Wildman–Crippen MR) is 141 cm³/mol. The third kappa shape index (κ3) is 5.86. The van der Waals surface area contributed by atoms with Crippen molar-refractivity contribution in [1.29, 1.82) is 0 Å². The summed E-state index contributed by atoms with van der Waals surface area (Å²) in [6.45, 7) is 1.71. The second kappa shape index (κ2) is 11.3. The standard InChI is InChI=1S/C27H32N6O4/c28-15-18-9-11-20(12-10-18)33-17-23-25(32-27(33)35)31-24-21(7-4-8-22(24)37-23)36-14-13-29-26(34)30-16-19-5-2-1-3-6-19/h1-8,17-18,20H,9-16,28H2,(H2,29,30,34)(H,31,32,35). The van der Waals surface area contributed by atoms with Gasteiger partial charge in [-0.05, 0) is 55.8 Å². The Kier molecular flexibility index (Phi) is 7.55. The molecule has 2 aliphatic rings. The molecule has 5 N–H and O–H groups in total. The van der Waals surface area contributed by atoms with Gasteiger partial charge in [-0.1, -0.05) is 36.4 Å². The van der Waals surface area contributed by atoms with Crippen LogP contribution in [0.1, 0.15) is 37.3 Å². The van der Waals surface area contributed by atoms with Crippen LogP contribution in [0.3, 0.4) is 0 Å². The van der Waals surface area contributed by atoms with E-state index in [-0.39, 0.29) is 24.4 Å². The van der Waals surface area contributed by atoms with Gasteiger partial charge in [0.05, 0.1) is 12.7 Å². The van der Waals surface area contributed by atoms with E-state index >= 15 is 0 Å². The van der Waals surface area contributed by atoms with Crippen LogP contribution >= 0.6 is 0 Å². The number of para-hydroxylation sites is 1. The van der Waals surface area contributed by atoms with Crippen LogP contribution in [0.4, 0.5) is 16.3 Å². The van der Waals surface area contributed by atoms with Gasteiger partial charge in [-0.15, -0.1) is 0 Å². The number of carbonyl (C=O) groups excluding carboxylic acids is 1. The number of hydrogen-bond acceptors (Lipinski definition) is 7. The molecule has 0 unspecified atom stereocenters. The molecule has 0 bridgehead atoms. The molecule has 0 saturated heterocycles. The van der Waals surface area contributed by atoms with E-state index in [1.807, 2.05) is 42.5 Å². The van der Waals surface area contributed by atoms with Crippen molar-refractivity contribution in [1.82, 2.24) is 20.2 Å². The van der Waals surface area contributed by atoms with Gasteiger partial charge in [0.2, 0.25) is 0 Å². The monoisotopic (exact) mass is 504 g/mol. The summed E-state index contributed by atoms with van der Waals surface area (Å²) in [7, 11) is 0. The summed E-state index contributed by atoms with van der Waals surface area (Å²) < 4.78 is 13.7. The van der Waals surface area contributed by atoms with Crippen molar-refractivity contribution >= 4 is 17.5 Å². The SMILES string of the molecule is NCC1CCC(n2cc3c(nc2=O)Nc2c(OCCNC(=O)NCc4ccccc4)cccc2O3)CC1. The van der Waals surface area contributed by atoms with Crippen LogP contribution in [0.5, 0.6) is 17.2 Å². The Morgan fingerprint density at radius 3 is 2.68 bits per heavy atom. The predicted octanol–water partition coefficient (Wildman–Crippen LogP) is 3.66. The number of aromatic nitrogens is 2. The van der Waals surface area contributed by atoms with E-state index in [1.165, 1.54) is 0 Å². The van der Waals surface area contributed by atoms with Crippen LogP contribution in [-0.4, -0.2) is 35.3 Å². The van der Waals surface area contributed by atoms with Crippen LogP contribution in [0.2, 0.25) is 0 Å². The summed E-state index contributed by atoms with van der Waals surface area (Å²) in [5, 5.41) is 8.79. The molecule has 2 aromatic carbocycles. The Bertz CT molecular complexity index is 1290. The molecule has 5 rings (SSSR count). The molecule has 1 aliphatic heterocycles. The average Bonchev–Trinajstić information content (AvgIpc) is 2.93. The number of rotatable bonds is 8. The van der Waals surface area contributed by atoms with E-state index in [1.54, 1.807) is 16.8 Å². The van der Waals surface area contributed by atoms with Gasteiger partial charge in [-0.25, -0.2) is 9.59 Å². The largest absolute Gasteiger partial charge is 0.489 e. The number of anilines is 2. The number of carbonyl (C=O) groups is 1. The summed E-state index contributed by atoms with van der Waals surface area (Å²) in [4.78, 5) is 29.1. The minimum Gasteiger partial charge on any atom is -0.489 e. The van der Waals surface area contributed by atoms with Crippen molar-refractivity contribution in [2.45, 2.75) is 38.3 Å². The number of amides is 2. The number of fused-ring (bicyclic) bond motifs is 2. The third-order valence-electron chi connectivity index (χ3n) is 6.85. The van der Waals surface area contributed by atoms with E-state index in [0.717, 1.165) is 31.2 Å². The molecule has 0 atom stereocenters. The molecule has 0 spiro atoms. The molecule has 37 heavy (non-hydrogen) atoms. The molecular formula is C27H32N6O4. The first-order valence-corrected chi connectivity index (χ1v) is 12.7. The lowest BCUT2D eigenvalue weighted by molar-refractivity contribution is 0.236. The summed E-state index contributed by atoms with van der Waals surface area (Å²) in [6, 6.07) is 15.0. The fourth-order valence-corrected chi connectivity index (χ4v) is 4.78. The first kappa shape index (κ1) is 24.6. The highest BCUT2D eigenvalue weighted by Crippen LogP contribution is 2.45. The molecule has 2 heterocycles. The molecule has 2 amide bonds. The fourth-order valence-electron chi connectivity index (χ4n) is 4.78. The Morgan fingerprint density at radius 2 is 1.89 bits per heavy atom. The van der Waals surface area contributed by atoms with Crippen molar-refractivity contribution < 1.29 is 14.3 Å². The minimum atomic E-state index is -0.307. The number of nitrogens with two attached hydrogens (primary N) is 1. The normalized spacial score (nSPS) is 18.0. The smallest absolute Gasteiger partial charge is 0.350 e. The Balaban J connectivity index is 1.17. The Morgan fingerprint density at radius 1 is 1.08 bits per heavy atom. The first-order chi connectivity index (χ1) is 18.1. The van der Waals surface area contributed by atoms with Gasteiger partial charge >= 0.3 is 11.7 Å². The zero-order valence-electron chi connectivity index (χ0n) is 20.6. The maximum Gasteiger partial charge on any atom is 0.350 e.